The summed E-state index contributed by atoms with van der Waals surface area (Å²) in [5.41, 5.74) is 0.269. The van der Waals surface area contributed by atoms with E-state index in [4.69, 9.17) is 4.74 Å². The molecule has 1 fully saturated rings. The van der Waals surface area contributed by atoms with Gasteiger partial charge in [0.1, 0.15) is 5.75 Å². The Morgan fingerprint density at radius 1 is 1.22 bits per heavy atom. The molecule has 0 aromatic heterocycles. The number of amides is 1. The van der Waals surface area contributed by atoms with E-state index in [-0.39, 0.29) is 23.0 Å². The van der Waals surface area contributed by atoms with E-state index in [1.807, 2.05) is 24.3 Å². The molecule has 5 heteroatoms. The number of nitrogens with two attached hydrogens (primary N) is 1. The van der Waals surface area contributed by atoms with Crippen molar-refractivity contribution < 1.29 is 14.8 Å². The molecule has 1 heterocycles. The third kappa shape index (κ3) is 5.50. The molecule has 128 valence electrons. The normalized spacial score (nSPS) is 21.5. The van der Waals surface area contributed by atoms with Gasteiger partial charge in [-0.2, -0.15) is 0 Å². The van der Waals surface area contributed by atoms with Crippen molar-refractivity contribution in [1.82, 2.24) is 5.32 Å². The number of carbonyl (C=O) groups is 1. The molecule has 1 aliphatic heterocycles. The second-order valence-corrected chi connectivity index (χ2v) is 8.86. The van der Waals surface area contributed by atoms with E-state index in [0.717, 1.165) is 17.3 Å². The fourth-order valence-electron chi connectivity index (χ4n) is 3.71. The number of hydrogen-bond acceptors (Lipinski definition) is 2. The summed E-state index contributed by atoms with van der Waals surface area (Å²) in [5.74, 6) is 0.653. The second-order valence-electron chi connectivity index (χ2n) is 7.95. The molecule has 2 rings (SSSR count). The van der Waals surface area contributed by atoms with Crippen LogP contribution in [0.2, 0.25) is 0 Å². The summed E-state index contributed by atoms with van der Waals surface area (Å²) >= 11 is 3.39. The molecular formula is C18H28BrN2O2+. The number of carbonyl (C=O) groups excluding carboxylic acids is 1. The molecule has 3 N–H and O–H groups in total. The predicted molar refractivity (Wildman–Crippen MR) is 95.5 cm³/mol. The van der Waals surface area contributed by atoms with E-state index in [9.17, 15) is 4.79 Å². The van der Waals surface area contributed by atoms with Crippen LogP contribution < -0.4 is 15.4 Å². The van der Waals surface area contributed by atoms with Gasteiger partial charge in [-0.25, -0.2) is 0 Å². The van der Waals surface area contributed by atoms with Gasteiger partial charge in [0.25, 0.3) is 5.91 Å². The van der Waals surface area contributed by atoms with Crippen LogP contribution in [0.4, 0.5) is 0 Å². The van der Waals surface area contributed by atoms with Gasteiger partial charge in [0.2, 0.25) is 0 Å². The van der Waals surface area contributed by atoms with Gasteiger partial charge in [0.05, 0.1) is 11.1 Å². The van der Waals surface area contributed by atoms with Crippen molar-refractivity contribution in [1.29, 1.82) is 0 Å². The SMILES string of the molecule is C[C@@H](Oc1ccc(Br)cc1)C(=O)NC1CC(C)(C)[NH2+]C(C)(C)C1. The minimum atomic E-state index is -0.506. The zero-order chi connectivity index (χ0) is 17.3. The Balaban J connectivity index is 1.94. The minimum absolute atomic E-state index is 0.0496. The first kappa shape index (κ1) is 18.3. The number of benzene rings is 1. The third-order valence-corrected chi connectivity index (χ3v) is 4.70. The van der Waals surface area contributed by atoms with Crippen LogP contribution in [0, 0.1) is 0 Å². The van der Waals surface area contributed by atoms with E-state index in [1.165, 1.54) is 0 Å². The monoisotopic (exact) mass is 383 g/mol. The first-order valence-corrected chi connectivity index (χ1v) is 8.95. The van der Waals surface area contributed by atoms with E-state index in [2.05, 4.69) is 54.3 Å². The van der Waals surface area contributed by atoms with Gasteiger partial charge < -0.3 is 15.4 Å². The van der Waals surface area contributed by atoms with Gasteiger partial charge >= 0.3 is 0 Å². The lowest BCUT2D eigenvalue weighted by atomic mass is 9.79. The van der Waals surface area contributed by atoms with Gasteiger partial charge in [-0.15, -0.1) is 0 Å². The molecule has 1 amide bonds. The average Bonchev–Trinajstić information content (AvgIpc) is 2.37. The van der Waals surface area contributed by atoms with Gasteiger partial charge in [-0.05, 0) is 58.9 Å². The highest BCUT2D eigenvalue weighted by Crippen LogP contribution is 2.22. The second kappa shape index (κ2) is 6.81. The van der Waals surface area contributed by atoms with Crippen LogP contribution in [0.15, 0.2) is 28.7 Å². The van der Waals surface area contributed by atoms with Crippen molar-refractivity contribution in [2.24, 2.45) is 0 Å². The standard InChI is InChI=1S/C18H27BrN2O2/c1-12(23-15-8-6-13(19)7-9-15)16(22)20-14-10-17(2,3)21-18(4,5)11-14/h6-9,12,14,21H,10-11H2,1-5H3,(H,20,22)/p+1/t12-/m1/s1. The number of halogens is 1. The summed E-state index contributed by atoms with van der Waals surface area (Å²) in [6, 6.07) is 7.71. The Labute approximate surface area is 147 Å². The van der Waals surface area contributed by atoms with Gasteiger partial charge in [-0.1, -0.05) is 15.9 Å². The Morgan fingerprint density at radius 3 is 2.26 bits per heavy atom. The molecule has 0 radical (unpaired) electrons. The zero-order valence-electron chi connectivity index (χ0n) is 14.7. The molecule has 1 aliphatic rings. The van der Waals surface area contributed by atoms with Crippen LogP contribution in [0.5, 0.6) is 5.75 Å². The van der Waals surface area contributed by atoms with Crippen molar-refractivity contribution in [3.63, 3.8) is 0 Å². The Bertz CT molecular complexity index is 539. The average molecular weight is 384 g/mol. The molecule has 0 aliphatic carbocycles. The molecule has 0 bridgehead atoms. The zero-order valence-corrected chi connectivity index (χ0v) is 16.2. The number of hydrogen-bond donors (Lipinski definition) is 2. The first-order chi connectivity index (χ1) is 10.6. The number of ether oxygens (including phenoxy) is 1. The highest BCUT2D eigenvalue weighted by molar-refractivity contribution is 9.10. The topological polar surface area (TPSA) is 54.9 Å². The van der Waals surface area contributed by atoms with Gasteiger partial charge in [0, 0.05) is 23.4 Å². The van der Waals surface area contributed by atoms with Gasteiger partial charge in [0.15, 0.2) is 6.10 Å². The van der Waals surface area contributed by atoms with Crippen molar-refractivity contribution in [3.8, 4) is 5.75 Å². The van der Waals surface area contributed by atoms with Crippen molar-refractivity contribution >= 4 is 21.8 Å². The maximum atomic E-state index is 12.4. The first-order valence-electron chi connectivity index (χ1n) is 8.16. The summed E-state index contributed by atoms with van der Waals surface area (Å²) in [6.07, 6.45) is 1.42. The summed E-state index contributed by atoms with van der Waals surface area (Å²) in [5, 5.41) is 5.58. The fourth-order valence-corrected chi connectivity index (χ4v) is 3.97. The highest BCUT2D eigenvalue weighted by Gasteiger charge is 2.42. The van der Waals surface area contributed by atoms with Crippen LogP contribution in [-0.2, 0) is 4.79 Å². The maximum Gasteiger partial charge on any atom is 0.261 e. The Kier molecular flexibility index (Phi) is 5.41. The lowest BCUT2D eigenvalue weighted by Gasteiger charge is -2.43. The molecule has 0 spiro atoms. The molecule has 1 saturated heterocycles. The molecule has 4 nitrogen and oxygen atoms in total. The van der Waals surface area contributed by atoms with Crippen LogP contribution in [0.3, 0.4) is 0 Å². The van der Waals surface area contributed by atoms with Crippen LogP contribution in [0.1, 0.15) is 47.5 Å². The quantitative estimate of drug-likeness (QED) is 0.839. The van der Waals surface area contributed by atoms with E-state index < -0.39 is 6.10 Å². The van der Waals surface area contributed by atoms with Crippen LogP contribution in [-0.4, -0.2) is 29.1 Å². The molecule has 1 aromatic carbocycles. The van der Waals surface area contributed by atoms with Gasteiger partial charge in [-0.3, -0.25) is 4.79 Å². The molecule has 0 saturated carbocycles. The summed E-state index contributed by atoms with van der Waals surface area (Å²) in [7, 11) is 0. The predicted octanol–water partition coefficient (Wildman–Crippen LogP) is 2.62. The third-order valence-electron chi connectivity index (χ3n) is 4.17. The maximum absolute atomic E-state index is 12.4. The largest absolute Gasteiger partial charge is 0.481 e. The smallest absolute Gasteiger partial charge is 0.261 e. The molecule has 1 atom stereocenters. The fraction of sp³-hybridized carbons (Fsp3) is 0.611. The molecule has 1 aromatic rings. The number of nitrogens with one attached hydrogen (secondary N) is 1. The van der Waals surface area contributed by atoms with Crippen molar-refractivity contribution in [2.75, 3.05) is 0 Å². The lowest BCUT2D eigenvalue weighted by Crippen LogP contribution is -3.06. The number of quaternary nitrogens is 1. The van der Waals surface area contributed by atoms with Crippen molar-refractivity contribution in [3.05, 3.63) is 28.7 Å². The van der Waals surface area contributed by atoms with Crippen LogP contribution >= 0.6 is 15.9 Å². The molecule has 23 heavy (non-hydrogen) atoms. The van der Waals surface area contributed by atoms with Crippen molar-refractivity contribution in [2.45, 2.75) is 70.7 Å². The van der Waals surface area contributed by atoms with E-state index >= 15 is 0 Å². The summed E-state index contributed by atoms with van der Waals surface area (Å²) in [4.78, 5) is 12.4. The summed E-state index contributed by atoms with van der Waals surface area (Å²) in [6.45, 7) is 10.7. The van der Waals surface area contributed by atoms with E-state index in [0.29, 0.717) is 5.75 Å². The Morgan fingerprint density at radius 2 is 1.74 bits per heavy atom. The molecular weight excluding hydrogens is 356 g/mol. The van der Waals surface area contributed by atoms with E-state index in [1.54, 1.807) is 6.92 Å². The van der Waals surface area contributed by atoms with Crippen LogP contribution in [0.25, 0.3) is 0 Å². The highest BCUT2D eigenvalue weighted by atomic mass is 79.9. The Hall–Kier alpha value is -1.07. The lowest BCUT2D eigenvalue weighted by molar-refractivity contribution is -0.787. The summed E-state index contributed by atoms with van der Waals surface area (Å²) < 4.78 is 6.73. The minimum Gasteiger partial charge on any atom is -0.481 e. The molecule has 0 unspecified atom stereocenters. The number of rotatable bonds is 4. The number of piperidine rings is 1.